The van der Waals surface area contributed by atoms with Crippen LogP contribution >= 0.6 is 22.7 Å². The van der Waals surface area contributed by atoms with E-state index >= 15 is 0 Å². The minimum atomic E-state index is 0.0306. The number of carbonyl (C=O) groups is 1. The highest BCUT2D eigenvalue weighted by Gasteiger charge is 2.29. The van der Waals surface area contributed by atoms with Crippen molar-refractivity contribution in [1.82, 2.24) is 14.9 Å². The van der Waals surface area contributed by atoms with Gasteiger partial charge in [0, 0.05) is 5.38 Å². The Hall–Kier alpha value is -2.03. The van der Waals surface area contributed by atoms with E-state index in [1.165, 1.54) is 11.3 Å². The largest absolute Gasteiger partial charge is 0.441 e. The van der Waals surface area contributed by atoms with E-state index in [0.717, 1.165) is 32.6 Å². The number of thiophene rings is 1. The van der Waals surface area contributed by atoms with Crippen molar-refractivity contribution in [3.8, 4) is 0 Å². The first-order valence-corrected chi connectivity index (χ1v) is 9.65. The number of rotatable bonds is 5. The van der Waals surface area contributed by atoms with Crippen molar-refractivity contribution in [1.29, 1.82) is 0 Å². The number of oxazole rings is 1. The van der Waals surface area contributed by atoms with Gasteiger partial charge >= 0.3 is 0 Å². The summed E-state index contributed by atoms with van der Waals surface area (Å²) in [5.41, 5.74) is 2.85. The zero-order chi connectivity index (χ0) is 17.4. The van der Waals surface area contributed by atoms with E-state index in [1.54, 1.807) is 16.2 Å². The number of fused-ring (bicyclic) bond motifs is 1. The first-order valence-electron chi connectivity index (χ1n) is 7.89. The number of nitrogens with zero attached hydrogens (tertiary/aromatic N) is 3. The topological polar surface area (TPSA) is 68.5 Å². The van der Waals surface area contributed by atoms with Gasteiger partial charge in [-0.15, -0.1) is 22.7 Å². The molecule has 3 aromatic rings. The highest BCUT2D eigenvalue weighted by atomic mass is 32.1. The first-order chi connectivity index (χ1) is 12.1. The van der Waals surface area contributed by atoms with Crippen molar-refractivity contribution in [3.05, 3.63) is 55.3 Å². The van der Waals surface area contributed by atoms with Crippen LogP contribution in [0.5, 0.6) is 0 Å². The molecule has 4 rings (SSSR count). The van der Waals surface area contributed by atoms with Crippen LogP contribution in [0.3, 0.4) is 0 Å². The number of amides is 1. The van der Waals surface area contributed by atoms with Crippen LogP contribution in [0.15, 0.2) is 21.2 Å². The minimum absolute atomic E-state index is 0.0306. The van der Waals surface area contributed by atoms with Crippen LogP contribution in [-0.4, -0.2) is 20.8 Å². The maximum absolute atomic E-state index is 12.5. The van der Waals surface area contributed by atoms with Crippen molar-refractivity contribution in [2.45, 2.75) is 40.2 Å². The van der Waals surface area contributed by atoms with Gasteiger partial charge in [-0.05, 0) is 30.9 Å². The van der Waals surface area contributed by atoms with Gasteiger partial charge in [-0.2, -0.15) is 0 Å². The molecular formula is C17H17N3O3S2. The maximum Gasteiger partial charge on any atom is 0.264 e. The third-order valence-electron chi connectivity index (χ3n) is 3.87. The summed E-state index contributed by atoms with van der Waals surface area (Å²) in [7, 11) is 0. The molecule has 8 heteroatoms. The van der Waals surface area contributed by atoms with E-state index in [2.05, 4.69) is 9.97 Å². The molecule has 1 amide bonds. The third kappa shape index (κ3) is 3.51. The molecule has 0 radical (unpaired) electrons. The van der Waals surface area contributed by atoms with Gasteiger partial charge in [0.25, 0.3) is 5.91 Å². The van der Waals surface area contributed by atoms with Crippen LogP contribution in [0.2, 0.25) is 0 Å². The molecule has 25 heavy (non-hydrogen) atoms. The fraction of sp³-hybridized carbons (Fsp3) is 0.353. The maximum atomic E-state index is 12.5. The third-order valence-corrected chi connectivity index (χ3v) is 5.73. The summed E-state index contributed by atoms with van der Waals surface area (Å²) in [6.07, 6.45) is 0. The average Bonchev–Trinajstić information content (AvgIpc) is 3.31. The molecule has 4 heterocycles. The predicted molar refractivity (Wildman–Crippen MR) is 94.5 cm³/mol. The van der Waals surface area contributed by atoms with Crippen LogP contribution < -0.4 is 0 Å². The Kier molecular flexibility index (Phi) is 4.41. The monoisotopic (exact) mass is 375 g/mol. The second-order valence-electron chi connectivity index (χ2n) is 5.98. The number of ether oxygens (including phenoxy) is 1. The molecule has 6 nitrogen and oxygen atoms in total. The number of aromatic nitrogens is 2. The van der Waals surface area contributed by atoms with E-state index in [-0.39, 0.29) is 5.91 Å². The Labute approximate surface area is 153 Å². The molecule has 0 saturated heterocycles. The highest BCUT2D eigenvalue weighted by Crippen LogP contribution is 2.27. The van der Waals surface area contributed by atoms with Crippen LogP contribution in [0.1, 0.15) is 43.3 Å². The Bertz CT molecular complexity index is 889. The molecule has 0 atom stereocenters. The number of thiazole rings is 1. The summed E-state index contributed by atoms with van der Waals surface area (Å²) in [6, 6.07) is 1.92. The predicted octanol–water partition coefficient (Wildman–Crippen LogP) is 3.68. The molecule has 130 valence electrons. The van der Waals surface area contributed by atoms with Gasteiger partial charge in [-0.25, -0.2) is 9.97 Å². The van der Waals surface area contributed by atoms with Crippen molar-refractivity contribution >= 4 is 28.6 Å². The normalized spacial score (nSPS) is 13.4. The Morgan fingerprint density at radius 1 is 1.24 bits per heavy atom. The smallest absolute Gasteiger partial charge is 0.264 e. The first kappa shape index (κ1) is 16.4. The van der Waals surface area contributed by atoms with Gasteiger partial charge in [0.2, 0.25) is 5.89 Å². The van der Waals surface area contributed by atoms with Gasteiger partial charge in [-0.1, -0.05) is 0 Å². The van der Waals surface area contributed by atoms with Gasteiger partial charge in [0.15, 0.2) is 0 Å². The lowest BCUT2D eigenvalue weighted by Gasteiger charge is -2.13. The summed E-state index contributed by atoms with van der Waals surface area (Å²) >= 11 is 3.08. The summed E-state index contributed by atoms with van der Waals surface area (Å²) < 4.78 is 11.4. The highest BCUT2D eigenvalue weighted by molar-refractivity contribution is 7.12. The zero-order valence-corrected chi connectivity index (χ0v) is 15.6. The Balaban J connectivity index is 1.33. The summed E-state index contributed by atoms with van der Waals surface area (Å²) in [5, 5.41) is 5.00. The molecule has 0 fully saturated rings. The van der Waals surface area contributed by atoms with Gasteiger partial charge in [0.1, 0.15) is 18.1 Å². The Morgan fingerprint density at radius 2 is 2.12 bits per heavy atom. The molecule has 0 aliphatic carbocycles. The van der Waals surface area contributed by atoms with Crippen molar-refractivity contribution < 1.29 is 13.9 Å². The lowest BCUT2D eigenvalue weighted by Crippen LogP contribution is -2.24. The molecule has 0 N–H and O–H groups in total. The molecule has 3 aromatic heterocycles. The van der Waals surface area contributed by atoms with Crippen molar-refractivity contribution in [2.24, 2.45) is 0 Å². The fourth-order valence-corrected chi connectivity index (χ4v) is 4.18. The average molecular weight is 375 g/mol. The molecular weight excluding hydrogens is 358 g/mol. The number of carbonyl (C=O) groups excluding carboxylic acids is 1. The molecule has 1 aliphatic rings. The second kappa shape index (κ2) is 6.70. The molecule has 0 spiro atoms. The SMILES string of the molecule is Cc1csc(C(=O)N2Cc3nc(COCc4csc(C)n4)oc3C2)c1. The lowest BCUT2D eigenvalue weighted by atomic mass is 10.3. The number of hydrogen-bond donors (Lipinski definition) is 0. The Morgan fingerprint density at radius 3 is 2.80 bits per heavy atom. The van der Waals surface area contributed by atoms with Crippen LogP contribution in [0.25, 0.3) is 0 Å². The number of hydrogen-bond acceptors (Lipinski definition) is 7. The summed E-state index contributed by atoms with van der Waals surface area (Å²) in [6.45, 7) is 5.66. The van der Waals surface area contributed by atoms with E-state index in [0.29, 0.717) is 32.2 Å². The van der Waals surface area contributed by atoms with Crippen LogP contribution in [-0.2, 0) is 31.0 Å². The zero-order valence-electron chi connectivity index (χ0n) is 13.9. The summed E-state index contributed by atoms with van der Waals surface area (Å²) in [5.74, 6) is 1.34. The molecule has 0 saturated carbocycles. The second-order valence-corrected chi connectivity index (χ2v) is 7.95. The summed E-state index contributed by atoms with van der Waals surface area (Å²) in [4.78, 5) is 23.8. The van der Waals surface area contributed by atoms with E-state index in [4.69, 9.17) is 9.15 Å². The molecule has 0 aromatic carbocycles. The van der Waals surface area contributed by atoms with Gasteiger partial charge in [0.05, 0.1) is 35.3 Å². The van der Waals surface area contributed by atoms with Crippen LogP contribution in [0.4, 0.5) is 0 Å². The van der Waals surface area contributed by atoms with Gasteiger partial charge in [-0.3, -0.25) is 4.79 Å². The van der Waals surface area contributed by atoms with E-state index in [9.17, 15) is 4.79 Å². The van der Waals surface area contributed by atoms with Crippen molar-refractivity contribution in [2.75, 3.05) is 0 Å². The standard InChI is InChI=1S/C17H17N3O3S2/c1-10-3-15(25-8-10)17(21)20-4-13-14(5-20)23-16(19-13)7-22-6-12-9-24-11(2)18-12/h3,8-9H,4-7H2,1-2H3. The van der Waals surface area contributed by atoms with E-state index in [1.807, 2.05) is 30.7 Å². The van der Waals surface area contributed by atoms with E-state index < -0.39 is 0 Å². The van der Waals surface area contributed by atoms with Gasteiger partial charge < -0.3 is 14.1 Å². The van der Waals surface area contributed by atoms with Crippen LogP contribution in [0, 0.1) is 13.8 Å². The van der Waals surface area contributed by atoms with Crippen molar-refractivity contribution in [3.63, 3.8) is 0 Å². The fourth-order valence-electron chi connectivity index (χ4n) is 2.72. The number of aryl methyl sites for hydroxylation is 2. The molecule has 1 aliphatic heterocycles. The molecule has 0 bridgehead atoms. The minimum Gasteiger partial charge on any atom is -0.441 e. The lowest BCUT2D eigenvalue weighted by molar-refractivity contribution is 0.0727. The quantitative estimate of drug-likeness (QED) is 0.680. The molecule has 0 unspecified atom stereocenters.